The number of rotatable bonds is 5. The van der Waals surface area contributed by atoms with E-state index in [4.69, 9.17) is 5.73 Å². The Hall–Kier alpha value is -1.79. The number of hydrogen-bond donors (Lipinski definition) is 2. The van der Waals surface area contributed by atoms with E-state index in [-0.39, 0.29) is 11.8 Å². The molecule has 0 radical (unpaired) electrons. The summed E-state index contributed by atoms with van der Waals surface area (Å²) in [4.78, 5) is 12.1. The molecule has 1 rings (SSSR count). The summed E-state index contributed by atoms with van der Waals surface area (Å²) in [6, 6.07) is 5.86. The Morgan fingerprint density at radius 3 is 2.75 bits per heavy atom. The van der Waals surface area contributed by atoms with Gasteiger partial charge in [0.1, 0.15) is 0 Å². The van der Waals surface area contributed by atoms with Crippen molar-refractivity contribution < 1.29 is 4.79 Å². The van der Waals surface area contributed by atoms with E-state index in [1.807, 2.05) is 25.1 Å². The highest BCUT2D eigenvalue weighted by molar-refractivity contribution is 5.93. The zero-order valence-electron chi connectivity index (χ0n) is 12.6. The molecule has 1 amide bonds. The van der Waals surface area contributed by atoms with Crippen LogP contribution in [0.2, 0.25) is 0 Å². The lowest BCUT2D eigenvalue weighted by molar-refractivity contribution is -0.119. The molecule has 3 nitrogen and oxygen atoms in total. The molecule has 108 valence electrons. The fraction of sp³-hybridized carbons (Fsp3) is 0.471. The number of amides is 1. The van der Waals surface area contributed by atoms with Gasteiger partial charge in [-0.3, -0.25) is 4.79 Å². The third-order valence-corrected chi connectivity index (χ3v) is 3.25. The predicted octanol–water partition coefficient (Wildman–Crippen LogP) is 2.93. The molecule has 1 aromatic rings. The Bertz CT molecular complexity index is 511. The lowest BCUT2D eigenvalue weighted by atomic mass is 10.0. The Morgan fingerprint density at radius 1 is 1.40 bits per heavy atom. The van der Waals surface area contributed by atoms with Crippen LogP contribution in [0.3, 0.4) is 0 Å². The lowest BCUT2D eigenvalue weighted by Crippen LogP contribution is -2.21. The van der Waals surface area contributed by atoms with E-state index in [0.717, 1.165) is 36.1 Å². The molecule has 0 aliphatic rings. The second-order valence-electron chi connectivity index (χ2n) is 4.91. The maximum Gasteiger partial charge on any atom is 0.227 e. The number of aryl methyl sites for hydroxylation is 1. The van der Waals surface area contributed by atoms with Crippen molar-refractivity contribution in [3.63, 3.8) is 0 Å². The monoisotopic (exact) mass is 272 g/mol. The van der Waals surface area contributed by atoms with Gasteiger partial charge in [0.25, 0.3) is 0 Å². The molecule has 3 heteroatoms. The summed E-state index contributed by atoms with van der Waals surface area (Å²) in [7, 11) is 0. The molecule has 0 spiro atoms. The molecule has 0 heterocycles. The van der Waals surface area contributed by atoms with E-state index in [1.54, 1.807) is 0 Å². The van der Waals surface area contributed by atoms with E-state index in [9.17, 15) is 4.79 Å². The first-order valence-electron chi connectivity index (χ1n) is 7.25. The van der Waals surface area contributed by atoms with Gasteiger partial charge in [-0.1, -0.05) is 39.0 Å². The van der Waals surface area contributed by atoms with E-state index in [1.165, 1.54) is 0 Å². The molecule has 0 saturated heterocycles. The second kappa shape index (κ2) is 8.39. The van der Waals surface area contributed by atoms with Crippen LogP contribution in [-0.4, -0.2) is 12.5 Å². The molecule has 0 aliphatic carbocycles. The molecule has 1 unspecified atom stereocenters. The number of anilines is 1. The van der Waals surface area contributed by atoms with Crippen LogP contribution in [0.25, 0.3) is 0 Å². The summed E-state index contributed by atoms with van der Waals surface area (Å²) in [6.07, 6.45) is 2.78. The smallest absolute Gasteiger partial charge is 0.227 e. The molecule has 0 bridgehead atoms. The van der Waals surface area contributed by atoms with Gasteiger partial charge < -0.3 is 11.1 Å². The molecular formula is C17H24N2O. The molecule has 0 fully saturated rings. The van der Waals surface area contributed by atoms with Crippen molar-refractivity contribution >= 4 is 11.6 Å². The highest BCUT2D eigenvalue weighted by Gasteiger charge is 2.13. The third-order valence-electron chi connectivity index (χ3n) is 3.25. The molecule has 3 N–H and O–H groups in total. The lowest BCUT2D eigenvalue weighted by Gasteiger charge is -2.14. The normalized spacial score (nSPS) is 11.4. The fourth-order valence-electron chi connectivity index (χ4n) is 2.06. The summed E-state index contributed by atoms with van der Waals surface area (Å²) in [5.41, 5.74) is 8.30. The number of nitrogens with one attached hydrogen (secondary N) is 1. The van der Waals surface area contributed by atoms with Crippen LogP contribution in [0.1, 0.15) is 44.7 Å². The molecule has 0 aliphatic heterocycles. The van der Waals surface area contributed by atoms with Gasteiger partial charge in [-0.2, -0.15) is 0 Å². The van der Waals surface area contributed by atoms with Gasteiger partial charge in [0.05, 0.1) is 6.54 Å². The topological polar surface area (TPSA) is 55.1 Å². The van der Waals surface area contributed by atoms with Gasteiger partial charge >= 0.3 is 0 Å². The predicted molar refractivity (Wildman–Crippen MR) is 84.5 cm³/mol. The zero-order chi connectivity index (χ0) is 15.0. The minimum Gasteiger partial charge on any atom is -0.326 e. The fourth-order valence-corrected chi connectivity index (χ4v) is 2.06. The maximum atomic E-state index is 12.1. The van der Waals surface area contributed by atoms with Gasteiger partial charge in [0.2, 0.25) is 5.91 Å². The zero-order valence-corrected chi connectivity index (χ0v) is 12.6. The number of nitrogens with two attached hydrogens (primary N) is 1. The van der Waals surface area contributed by atoms with Crippen LogP contribution in [0.4, 0.5) is 5.69 Å². The second-order valence-corrected chi connectivity index (χ2v) is 4.91. The largest absolute Gasteiger partial charge is 0.326 e. The SMILES string of the molecule is CCCC(C)C(=O)Nc1ccc(C#CCN)cc1CC. The molecule has 20 heavy (non-hydrogen) atoms. The van der Waals surface area contributed by atoms with Crippen molar-refractivity contribution in [1.82, 2.24) is 0 Å². The third kappa shape index (κ3) is 4.71. The number of carbonyl (C=O) groups excluding carboxylic acids is 1. The molecule has 1 atom stereocenters. The molecular weight excluding hydrogens is 248 g/mol. The van der Waals surface area contributed by atoms with E-state index in [0.29, 0.717) is 6.54 Å². The minimum atomic E-state index is 0.0430. The van der Waals surface area contributed by atoms with E-state index >= 15 is 0 Å². The summed E-state index contributed by atoms with van der Waals surface area (Å²) in [5, 5.41) is 3.02. The van der Waals surface area contributed by atoms with Gasteiger partial charge in [-0.25, -0.2) is 0 Å². The summed E-state index contributed by atoms with van der Waals surface area (Å²) >= 11 is 0. The average molecular weight is 272 g/mol. The Kier molecular flexibility index (Phi) is 6.83. The summed E-state index contributed by atoms with van der Waals surface area (Å²) < 4.78 is 0. The van der Waals surface area contributed by atoms with Crippen LogP contribution >= 0.6 is 0 Å². The van der Waals surface area contributed by atoms with Crippen molar-refractivity contribution in [2.75, 3.05) is 11.9 Å². The van der Waals surface area contributed by atoms with Gasteiger partial charge in [-0.05, 0) is 36.6 Å². The van der Waals surface area contributed by atoms with Gasteiger partial charge in [-0.15, -0.1) is 0 Å². The quantitative estimate of drug-likeness (QED) is 0.810. The van der Waals surface area contributed by atoms with Crippen LogP contribution in [0, 0.1) is 17.8 Å². The Morgan fingerprint density at radius 2 is 2.15 bits per heavy atom. The average Bonchev–Trinajstić information content (AvgIpc) is 2.46. The van der Waals surface area contributed by atoms with Crippen molar-refractivity contribution in [1.29, 1.82) is 0 Å². The van der Waals surface area contributed by atoms with Gasteiger partial charge in [0, 0.05) is 17.2 Å². The highest BCUT2D eigenvalue weighted by atomic mass is 16.1. The summed E-state index contributed by atoms with van der Waals surface area (Å²) in [5.74, 6) is 5.98. The number of carbonyl (C=O) groups is 1. The molecule has 0 saturated carbocycles. The first kappa shape index (κ1) is 16.3. The van der Waals surface area contributed by atoms with Crippen molar-refractivity contribution in [2.45, 2.75) is 40.0 Å². The first-order chi connectivity index (χ1) is 9.62. The van der Waals surface area contributed by atoms with Crippen molar-refractivity contribution in [2.24, 2.45) is 11.7 Å². The van der Waals surface area contributed by atoms with Crippen molar-refractivity contribution in [3.8, 4) is 11.8 Å². The van der Waals surface area contributed by atoms with Crippen molar-refractivity contribution in [3.05, 3.63) is 29.3 Å². The first-order valence-corrected chi connectivity index (χ1v) is 7.25. The van der Waals surface area contributed by atoms with E-state index < -0.39 is 0 Å². The molecule has 0 aromatic heterocycles. The Balaban J connectivity index is 2.87. The maximum absolute atomic E-state index is 12.1. The number of benzene rings is 1. The van der Waals surface area contributed by atoms with Crippen LogP contribution in [0.15, 0.2) is 18.2 Å². The standard InChI is InChI=1S/C17H24N2O/c1-4-7-13(3)17(20)19-16-10-9-14(8-6-11-18)12-15(16)5-2/h9-10,12-13H,4-5,7,11,18H2,1-3H3,(H,19,20). The van der Waals surface area contributed by atoms with E-state index in [2.05, 4.69) is 31.0 Å². The van der Waals surface area contributed by atoms with Crippen LogP contribution in [-0.2, 0) is 11.2 Å². The van der Waals surface area contributed by atoms with Crippen LogP contribution in [0.5, 0.6) is 0 Å². The minimum absolute atomic E-state index is 0.0430. The van der Waals surface area contributed by atoms with Gasteiger partial charge in [0.15, 0.2) is 0 Å². The van der Waals surface area contributed by atoms with Crippen LogP contribution < -0.4 is 11.1 Å². The molecule has 1 aromatic carbocycles. The number of hydrogen-bond acceptors (Lipinski definition) is 2. The Labute approximate surface area is 121 Å². The highest BCUT2D eigenvalue weighted by Crippen LogP contribution is 2.19. The summed E-state index contributed by atoms with van der Waals surface area (Å²) in [6.45, 7) is 6.48.